The molecule has 3 N–H and O–H groups in total. The molecule has 0 aliphatic heterocycles. The number of nitrogens with one attached hydrogen (secondary N) is 1. The first-order valence-electron chi connectivity index (χ1n) is 10.7. The van der Waals surface area contributed by atoms with Gasteiger partial charge < -0.3 is 24.9 Å². The SMILES string of the molecule is CC(NC(N)=O)c1ccc2nc(-c3cnc(Oc4cccc(OCC5CC5)c4)cn3)oc2c1. The van der Waals surface area contributed by atoms with Gasteiger partial charge in [0.2, 0.25) is 11.8 Å². The molecular weight excluding hydrogens is 422 g/mol. The van der Waals surface area contributed by atoms with E-state index in [1.54, 1.807) is 6.20 Å². The monoisotopic (exact) mass is 445 g/mol. The van der Waals surface area contributed by atoms with Gasteiger partial charge in [0.1, 0.15) is 22.7 Å². The van der Waals surface area contributed by atoms with Crippen molar-refractivity contribution in [1.82, 2.24) is 20.3 Å². The van der Waals surface area contributed by atoms with Crippen LogP contribution in [0.15, 0.2) is 59.3 Å². The fourth-order valence-electron chi connectivity index (χ4n) is 3.34. The first-order chi connectivity index (χ1) is 16.0. The Morgan fingerprint density at radius 1 is 1.18 bits per heavy atom. The number of aromatic nitrogens is 3. The third-order valence-electron chi connectivity index (χ3n) is 5.33. The maximum Gasteiger partial charge on any atom is 0.312 e. The van der Waals surface area contributed by atoms with Crippen molar-refractivity contribution in [3.05, 3.63) is 60.4 Å². The molecule has 168 valence electrons. The molecule has 9 heteroatoms. The molecule has 2 aromatic carbocycles. The van der Waals surface area contributed by atoms with Crippen LogP contribution in [-0.4, -0.2) is 27.6 Å². The molecule has 0 spiro atoms. The molecule has 33 heavy (non-hydrogen) atoms. The van der Waals surface area contributed by atoms with E-state index in [-0.39, 0.29) is 6.04 Å². The lowest BCUT2D eigenvalue weighted by Crippen LogP contribution is -2.31. The molecule has 5 rings (SSSR count). The molecule has 1 saturated carbocycles. The first kappa shape index (κ1) is 20.7. The number of amides is 2. The molecule has 2 amide bonds. The summed E-state index contributed by atoms with van der Waals surface area (Å²) in [6, 6.07) is 12.1. The predicted molar refractivity (Wildman–Crippen MR) is 121 cm³/mol. The lowest BCUT2D eigenvalue weighted by atomic mass is 10.1. The van der Waals surface area contributed by atoms with Crippen molar-refractivity contribution >= 4 is 17.1 Å². The van der Waals surface area contributed by atoms with E-state index in [4.69, 9.17) is 19.6 Å². The molecule has 1 atom stereocenters. The van der Waals surface area contributed by atoms with Gasteiger partial charge in [0.25, 0.3) is 0 Å². The normalized spacial score (nSPS) is 14.1. The Morgan fingerprint density at radius 3 is 2.79 bits per heavy atom. The largest absolute Gasteiger partial charge is 0.493 e. The Morgan fingerprint density at radius 2 is 2.03 bits per heavy atom. The van der Waals surface area contributed by atoms with Gasteiger partial charge in [-0.25, -0.2) is 19.7 Å². The smallest absolute Gasteiger partial charge is 0.312 e. The summed E-state index contributed by atoms with van der Waals surface area (Å²) < 4.78 is 17.5. The summed E-state index contributed by atoms with van der Waals surface area (Å²) in [7, 11) is 0. The predicted octanol–water partition coefficient (Wildman–Crippen LogP) is 4.60. The number of urea groups is 1. The number of benzene rings is 2. The number of nitrogens with two attached hydrogens (primary N) is 1. The summed E-state index contributed by atoms with van der Waals surface area (Å²) in [6.45, 7) is 2.58. The summed E-state index contributed by atoms with van der Waals surface area (Å²) in [5.74, 6) is 2.77. The van der Waals surface area contributed by atoms with Crippen LogP contribution in [0.4, 0.5) is 4.79 Å². The fourth-order valence-corrected chi connectivity index (χ4v) is 3.34. The molecule has 0 radical (unpaired) electrons. The second kappa shape index (κ2) is 8.78. The third-order valence-corrected chi connectivity index (χ3v) is 5.33. The lowest BCUT2D eigenvalue weighted by Gasteiger charge is -2.11. The van der Waals surface area contributed by atoms with E-state index in [0.717, 1.165) is 17.9 Å². The van der Waals surface area contributed by atoms with Gasteiger partial charge in [-0.3, -0.25) is 0 Å². The van der Waals surface area contributed by atoms with Gasteiger partial charge in [0.15, 0.2) is 5.58 Å². The van der Waals surface area contributed by atoms with Crippen LogP contribution in [-0.2, 0) is 0 Å². The average molecular weight is 445 g/mol. The summed E-state index contributed by atoms with van der Waals surface area (Å²) >= 11 is 0. The molecule has 0 bridgehead atoms. The Kier molecular flexibility index (Phi) is 5.52. The molecule has 2 heterocycles. The van der Waals surface area contributed by atoms with E-state index < -0.39 is 6.03 Å². The zero-order chi connectivity index (χ0) is 22.8. The van der Waals surface area contributed by atoms with Crippen LogP contribution < -0.4 is 20.5 Å². The van der Waals surface area contributed by atoms with Crippen LogP contribution in [0.1, 0.15) is 31.4 Å². The Bertz CT molecular complexity index is 1280. The number of hydrogen-bond acceptors (Lipinski definition) is 7. The van der Waals surface area contributed by atoms with Crippen LogP contribution >= 0.6 is 0 Å². The molecule has 2 aromatic heterocycles. The van der Waals surface area contributed by atoms with Gasteiger partial charge in [-0.15, -0.1) is 0 Å². The zero-order valence-electron chi connectivity index (χ0n) is 18.0. The molecular formula is C24H23N5O4. The van der Waals surface area contributed by atoms with Crippen LogP contribution in [0, 0.1) is 5.92 Å². The quantitative estimate of drug-likeness (QED) is 0.406. The van der Waals surface area contributed by atoms with Crippen LogP contribution in [0.2, 0.25) is 0 Å². The highest BCUT2D eigenvalue weighted by Gasteiger charge is 2.22. The Hall–Kier alpha value is -4.14. The van der Waals surface area contributed by atoms with Crippen molar-refractivity contribution in [2.24, 2.45) is 11.7 Å². The highest BCUT2D eigenvalue weighted by molar-refractivity contribution is 5.77. The highest BCUT2D eigenvalue weighted by atomic mass is 16.5. The topological polar surface area (TPSA) is 125 Å². The molecule has 9 nitrogen and oxygen atoms in total. The highest BCUT2D eigenvalue weighted by Crippen LogP contribution is 2.31. The summed E-state index contributed by atoms with van der Waals surface area (Å²) in [5, 5.41) is 2.64. The van der Waals surface area contributed by atoms with E-state index in [1.807, 2.05) is 49.4 Å². The van der Waals surface area contributed by atoms with E-state index in [9.17, 15) is 4.79 Å². The molecule has 0 saturated heterocycles. The van der Waals surface area contributed by atoms with Crippen molar-refractivity contribution in [1.29, 1.82) is 0 Å². The van der Waals surface area contributed by atoms with Crippen molar-refractivity contribution in [2.45, 2.75) is 25.8 Å². The third kappa shape index (κ3) is 5.03. The molecule has 4 aromatic rings. The second-order valence-corrected chi connectivity index (χ2v) is 8.05. The first-order valence-corrected chi connectivity index (χ1v) is 10.7. The Labute approximate surface area is 190 Å². The molecule has 1 unspecified atom stereocenters. The number of hydrogen-bond donors (Lipinski definition) is 2. The number of ether oxygens (including phenoxy) is 2. The minimum absolute atomic E-state index is 0.255. The van der Waals surface area contributed by atoms with E-state index >= 15 is 0 Å². The number of carbonyl (C=O) groups excluding carboxylic acids is 1. The van der Waals surface area contributed by atoms with E-state index in [0.29, 0.717) is 40.2 Å². The van der Waals surface area contributed by atoms with Crippen molar-refractivity contribution in [3.63, 3.8) is 0 Å². The van der Waals surface area contributed by atoms with Crippen LogP contribution in [0.3, 0.4) is 0 Å². The maximum absolute atomic E-state index is 11.1. The number of primary amides is 1. The fraction of sp³-hybridized carbons (Fsp3) is 0.250. The number of fused-ring (bicyclic) bond motifs is 1. The maximum atomic E-state index is 11.1. The Balaban J connectivity index is 1.29. The van der Waals surface area contributed by atoms with Gasteiger partial charge in [-0.2, -0.15) is 0 Å². The van der Waals surface area contributed by atoms with Gasteiger partial charge >= 0.3 is 6.03 Å². The van der Waals surface area contributed by atoms with Crippen molar-refractivity contribution in [2.75, 3.05) is 6.61 Å². The van der Waals surface area contributed by atoms with Gasteiger partial charge in [0.05, 0.1) is 25.0 Å². The average Bonchev–Trinajstić information content (AvgIpc) is 3.54. The van der Waals surface area contributed by atoms with Crippen LogP contribution in [0.5, 0.6) is 17.4 Å². The minimum atomic E-state index is -0.587. The van der Waals surface area contributed by atoms with Crippen molar-refractivity contribution in [3.8, 4) is 29.0 Å². The summed E-state index contributed by atoms with van der Waals surface area (Å²) in [5.41, 5.74) is 7.77. The number of nitrogens with zero attached hydrogens (tertiary/aromatic N) is 3. The minimum Gasteiger partial charge on any atom is -0.493 e. The van der Waals surface area contributed by atoms with Crippen LogP contribution in [0.25, 0.3) is 22.7 Å². The van der Waals surface area contributed by atoms with Crippen molar-refractivity contribution < 1.29 is 18.7 Å². The number of oxazole rings is 1. The number of carbonyl (C=O) groups is 1. The second-order valence-electron chi connectivity index (χ2n) is 8.05. The number of rotatable bonds is 8. The zero-order valence-corrected chi connectivity index (χ0v) is 18.0. The van der Waals surface area contributed by atoms with Gasteiger partial charge in [-0.1, -0.05) is 12.1 Å². The summed E-state index contributed by atoms with van der Waals surface area (Å²) in [4.78, 5) is 24.3. The lowest BCUT2D eigenvalue weighted by molar-refractivity contribution is 0.246. The van der Waals surface area contributed by atoms with E-state index in [2.05, 4.69) is 20.3 Å². The summed E-state index contributed by atoms with van der Waals surface area (Å²) in [6.07, 6.45) is 5.55. The van der Waals surface area contributed by atoms with Gasteiger partial charge in [0, 0.05) is 6.07 Å². The molecule has 1 aliphatic rings. The molecule has 1 fully saturated rings. The molecule has 1 aliphatic carbocycles. The standard InChI is InChI=1S/C24H23N5O4/c1-14(28-24(25)30)16-7-8-19-21(9-16)33-23(29-19)20-11-27-22(12-26-20)32-18-4-2-3-17(10-18)31-13-15-5-6-15/h2-4,7-12,14-15H,5-6,13H2,1H3,(H3,25,28,30). The van der Waals surface area contributed by atoms with E-state index in [1.165, 1.54) is 19.0 Å². The van der Waals surface area contributed by atoms with Gasteiger partial charge in [-0.05, 0) is 55.5 Å².